The van der Waals surface area contributed by atoms with Gasteiger partial charge in [0.25, 0.3) is 5.78 Å². The molecule has 0 aliphatic heterocycles. The van der Waals surface area contributed by atoms with E-state index < -0.39 is 11.9 Å². The van der Waals surface area contributed by atoms with Gasteiger partial charge in [-0.2, -0.15) is 27.8 Å². The van der Waals surface area contributed by atoms with Gasteiger partial charge in [-0.3, -0.25) is 0 Å². The molecule has 0 aliphatic rings. The highest BCUT2D eigenvalue weighted by atomic mass is 32.2. The van der Waals surface area contributed by atoms with Crippen molar-refractivity contribution in [3.63, 3.8) is 0 Å². The average Bonchev–Trinajstić information content (AvgIpc) is 3.11. The monoisotopic (exact) mass is 353 g/mol. The molecule has 0 atom stereocenters. The standard InChI is InChI=1S/C13H6F3N5S2/c14-13(15,16)9-5-10(21-11(20-9)17-6-18-21)23-12-19-7-3-1-2-4-8(7)22-12/h1-6H. The second-order valence-electron chi connectivity index (χ2n) is 4.50. The summed E-state index contributed by atoms with van der Waals surface area (Å²) >= 11 is 2.51. The van der Waals surface area contributed by atoms with Crippen LogP contribution in [0.1, 0.15) is 5.69 Å². The Kier molecular flexibility index (Phi) is 3.23. The maximum atomic E-state index is 13.0. The lowest BCUT2D eigenvalue weighted by molar-refractivity contribution is -0.141. The summed E-state index contributed by atoms with van der Waals surface area (Å²) in [5, 5.41) is 4.19. The number of fused-ring (bicyclic) bond motifs is 2. The number of thiazole rings is 1. The van der Waals surface area contributed by atoms with E-state index in [1.54, 1.807) is 0 Å². The van der Waals surface area contributed by atoms with Crippen LogP contribution in [-0.4, -0.2) is 24.6 Å². The van der Waals surface area contributed by atoms with Crippen molar-refractivity contribution in [2.24, 2.45) is 0 Å². The molecule has 0 spiro atoms. The minimum Gasteiger partial charge on any atom is -0.229 e. The fourth-order valence-electron chi connectivity index (χ4n) is 1.99. The van der Waals surface area contributed by atoms with Crippen molar-refractivity contribution in [3.8, 4) is 0 Å². The summed E-state index contributed by atoms with van der Waals surface area (Å²) in [7, 11) is 0. The van der Waals surface area contributed by atoms with Crippen molar-refractivity contribution in [2.45, 2.75) is 15.5 Å². The maximum Gasteiger partial charge on any atom is 0.433 e. The quantitative estimate of drug-likeness (QED) is 0.512. The number of halogens is 3. The number of hydrogen-bond acceptors (Lipinski definition) is 6. The Labute approximate surface area is 135 Å². The number of para-hydroxylation sites is 1. The molecule has 5 nitrogen and oxygen atoms in total. The molecule has 3 heterocycles. The van der Waals surface area contributed by atoms with E-state index in [2.05, 4.69) is 20.1 Å². The summed E-state index contributed by atoms with van der Waals surface area (Å²) in [6, 6.07) is 8.47. The fraction of sp³-hybridized carbons (Fsp3) is 0.0769. The van der Waals surface area contributed by atoms with Crippen LogP contribution in [0, 0.1) is 0 Å². The third-order valence-corrected chi connectivity index (χ3v) is 5.07. The smallest absolute Gasteiger partial charge is 0.229 e. The zero-order valence-electron chi connectivity index (χ0n) is 11.2. The van der Waals surface area contributed by atoms with Crippen molar-refractivity contribution in [3.05, 3.63) is 42.4 Å². The highest BCUT2D eigenvalue weighted by Gasteiger charge is 2.34. The summed E-state index contributed by atoms with van der Waals surface area (Å²) in [6.07, 6.45) is -3.37. The molecule has 0 bridgehead atoms. The number of alkyl halides is 3. The molecule has 0 aliphatic carbocycles. The van der Waals surface area contributed by atoms with Gasteiger partial charge in [-0.1, -0.05) is 12.1 Å². The van der Waals surface area contributed by atoms with Crippen LogP contribution in [0.25, 0.3) is 16.0 Å². The summed E-state index contributed by atoms with van der Waals surface area (Å²) in [5.41, 5.74) is -0.193. The SMILES string of the molecule is FC(F)(F)c1cc(Sc2nc3ccccc3s2)n2ncnc2n1. The van der Waals surface area contributed by atoms with Gasteiger partial charge in [0.15, 0.2) is 10.0 Å². The Bertz CT molecular complexity index is 975. The Balaban J connectivity index is 1.82. The molecular weight excluding hydrogens is 347 g/mol. The van der Waals surface area contributed by atoms with Crippen LogP contribution in [0.2, 0.25) is 0 Å². The van der Waals surface area contributed by atoms with Crippen molar-refractivity contribution < 1.29 is 13.2 Å². The highest BCUT2D eigenvalue weighted by molar-refractivity contribution is 8.01. The third kappa shape index (κ3) is 2.63. The van der Waals surface area contributed by atoms with Crippen LogP contribution in [-0.2, 0) is 6.18 Å². The van der Waals surface area contributed by atoms with E-state index in [1.165, 1.54) is 22.2 Å². The summed E-state index contributed by atoms with van der Waals surface area (Å²) < 4.78 is 41.8. The number of rotatable bonds is 2. The lowest BCUT2D eigenvalue weighted by Crippen LogP contribution is -2.10. The van der Waals surface area contributed by atoms with Crippen LogP contribution < -0.4 is 0 Å². The second-order valence-corrected chi connectivity index (χ2v) is 6.80. The zero-order chi connectivity index (χ0) is 16.0. The molecule has 10 heteroatoms. The Morgan fingerprint density at radius 1 is 1.13 bits per heavy atom. The molecule has 0 radical (unpaired) electrons. The van der Waals surface area contributed by atoms with Crippen molar-refractivity contribution in [1.82, 2.24) is 24.6 Å². The number of aromatic nitrogens is 5. The molecule has 23 heavy (non-hydrogen) atoms. The van der Waals surface area contributed by atoms with Gasteiger partial charge < -0.3 is 0 Å². The number of hydrogen-bond donors (Lipinski definition) is 0. The van der Waals surface area contributed by atoms with Gasteiger partial charge >= 0.3 is 6.18 Å². The van der Waals surface area contributed by atoms with Gasteiger partial charge in [-0.25, -0.2) is 9.97 Å². The molecule has 116 valence electrons. The summed E-state index contributed by atoms with van der Waals surface area (Å²) in [6.45, 7) is 0. The molecule has 3 aromatic heterocycles. The van der Waals surface area contributed by atoms with Crippen LogP contribution in [0.4, 0.5) is 13.2 Å². The van der Waals surface area contributed by atoms with E-state index in [1.807, 2.05) is 24.3 Å². The Hall–Kier alpha value is -2.20. The highest BCUT2D eigenvalue weighted by Crippen LogP contribution is 2.36. The van der Waals surface area contributed by atoms with Gasteiger partial charge in [0.2, 0.25) is 0 Å². The predicted octanol–water partition coefficient (Wildman–Crippen LogP) is 3.90. The molecule has 4 rings (SSSR count). The molecular formula is C13H6F3N5S2. The van der Waals surface area contributed by atoms with E-state index in [4.69, 9.17) is 0 Å². The topological polar surface area (TPSA) is 56.0 Å². The maximum absolute atomic E-state index is 13.0. The lowest BCUT2D eigenvalue weighted by atomic mass is 10.3. The van der Waals surface area contributed by atoms with Crippen molar-refractivity contribution in [1.29, 1.82) is 0 Å². The van der Waals surface area contributed by atoms with E-state index in [0.717, 1.165) is 28.0 Å². The normalized spacial score (nSPS) is 12.3. The van der Waals surface area contributed by atoms with Crippen molar-refractivity contribution in [2.75, 3.05) is 0 Å². The average molecular weight is 353 g/mol. The Morgan fingerprint density at radius 3 is 2.74 bits per heavy atom. The number of benzene rings is 1. The largest absolute Gasteiger partial charge is 0.433 e. The summed E-state index contributed by atoms with van der Waals surface area (Å²) in [4.78, 5) is 11.6. The first kappa shape index (κ1) is 14.4. The van der Waals surface area contributed by atoms with Gasteiger partial charge in [0.05, 0.1) is 10.2 Å². The molecule has 0 saturated heterocycles. The first-order valence-corrected chi connectivity index (χ1v) is 7.95. The van der Waals surface area contributed by atoms with Crippen LogP contribution in [0.15, 0.2) is 46.0 Å². The Morgan fingerprint density at radius 2 is 1.96 bits per heavy atom. The molecule has 0 amide bonds. The van der Waals surface area contributed by atoms with Gasteiger partial charge in [-0.15, -0.1) is 11.3 Å². The first-order valence-electron chi connectivity index (χ1n) is 6.32. The van der Waals surface area contributed by atoms with Crippen LogP contribution >= 0.6 is 23.1 Å². The third-order valence-electron chi connectivity index (χ3n) is 2.98. The fourth-order valence-corrected chi connectivity index (χ4v) is 4.09. The van der Waals surface area contributed by atoms with E-state index in [-0.39, 0.29) is 10.8 Å². The van der Waals surface area contributed by atoms with Gasteiger partial charge in [0.1, 0.15) is 11.4 Å². The van der Waals surface area contributed by atoms with E-state index >= 15 is 0 Å². The van der Waals surface area contributed by atoms with Gasteiger partial charge in [-0.05, 0) is 23.9 Å². The second kappa shape index (κ2) is 5.17. The molecule has 4 aromatic rings. The lowest BCUT2D eigenvalue weighted by Gasteiger charge is -2.08. The van der Waals surface area contributed by atoms with E-state index in [0.29, 0.717) is 4.34 Å². The molecule has 0 unspecified atom stereocenters. The summed E-state index contributed by atoms with van der Waals surface area (Å²) in [5.74, 6) is -0.0940. The molecule has 0 saturated carbocycles. The number of nitrogens with zero attached hydrogens (tertiary/aromatic N) is 5. The predicted molar refractivity (Wildman–Crippen MR) is 79.5 cm³/mol. The molecule has 0 fully saturated rings. The zero-order valence-corrected chi connectivity index (χ0v) is 12.8. The first-order chi connectivity index (χ1) is 11.0. The van der Waals surface area contributed by atoms with Crippen molar-refractivity contribution >= 4 is 39.1 Å². The minimum absolute atomic E-state index is 0.0940. The minimum atomic E-state index is -4.55. The molecule has 0 N–H and O–H groups in total. The van der Waals surface area contributed by atoms with Gasteiger partial charge in [0, 0.05) is 6.07 Å². The van der Waals surface area contributed by atoms with Crippen LogP contribution in [0.5, 0.6) is 0 Å². The van der Waals surface area contributed by atoms with E-state index in [9.17, 15) is 13.2 Å². The molecule has 1 aromatic carbocycles. The van der Waals surface area contributed by atoms with Crippen LogP contribution in [0.3, 0.4) is 0 Å².